The number of carbonyl (C=O) groups excluding carboxylic acids is 1. The highest BCUT2D eigenvalue weighted by Crippen LogP contribution is 2.29. The van der Waals surface area contributed by atoms with E-state index in [1.807, 2.05) is 26.8 Å². The number of aryl methyl sites for hydroxylation is 1. The van der Waals surface area contributed by atoms with E-state index < -0.39 is 5.60 Å². The van der Waals surface area contributed by atoms with Crippen LogP contribution >= 0.6 is 11.6 Å². The average molecular weight is 297 g/mol. The largest absolute Gasteiger partial charge is 0.456 e. The van der Waals surface area contributed by atoms with Gasteiger partial charge in [0.1, 0.15) is 5.60 Å². The van der Waals surface area contributed by atoms with Gasteiger partial charge in [0.2, 0.25) is 0 Å². The first-order chi connectivity index (χ1) is 9.40. The normalized spacial score (nSPS) is 17.0. The maximum Gasteiger partial charge on any atom is 0.338 e. The van der Waals surface area contributed by atoms with Crippen LogP contribution in [-0.2, 0) is 4.74 Å². The fourth-order valence-corrected chi connectivity index (χ4v) is 2.99. The quantitative estimate of drug-likeness (QED) is 0.871. The summed E-state index contributed by atoms with van der Waals surface area (Å²) in [6.45, 7) is 8.15. The summed E-state index contributed by atoms with van der Waals surface area (Å²) >= 11 is 5.97. The van der Waals surface area contributed by atoms with Crippen molar-refractivity contribution in [2.24, 2.45) is 5.92 Å². The SMILES string of the molecule is Cc1ccc(Cl)cc1C(=O)OC(C)(C)C1CC[NH2+]CC1. The molecule has 0 atom stereocenters. The third-order valence-corrected chi connectivity index (χ3v) is 4.43. The monoisotopic (exact) mass is 296 g/mol. The molecule has 1 aliphatic heterocycles. The zero-order valence-corrected chi connectivity index (χ0v) is 13.2. The van der Waals surface area contributed by atoms with Crippen LogP contribution in [0.25, 0.3) is 0 Å². The highest BCUT2D eigenvalue weighted by atomic mass is 35.5. The van der Waals surface area contributed by atoms with Crippen LogP contribution in [0, 0.1) is 12.8 Å². The Bertz CT molecular complexity index is 493. The smallest absolute Gasteiger partial charge is 0.338 e. The molecule has 0 spiro atoms. The van der Waals surface area contributed by atoms with E-state index in [9.17, 15) is 4.79 Å². The standard InChI is InChI=1S/C16H22ClNO2/c1-11-4-5-13(17)10-14(11)15(19)20-16(2,3)12-6-8-18-9-7-12/h4-5,10,12,18H,6-9H2,1-3H3/p+1. The number of nitrogens with two attached hydrogens (primary N) is 1. The van der Waals surface area contributed by atoms with E-state index in [1.54, 1.807) is 12.1 Å². The molecule has 1 heterocycles. The molecule has 1 saturated heterocycles. The maximum absolute atomic E-state index is 12.4. The molecule has 0 amide bonds. The van der Waals surface area contributed by atoms with Crippen molar-refractivity contribution in [1.29, 1.82) is 0 Å². The topological polar surface area (TPSA) is 42.9 Å². The van der Waals surface area contributed by atoms with Gasteiger partial charge in [-0.3, -0.25) is 0 Å². The molecule has 1 aromatic rings. The Labute approximate surface area is 125 Å². The van der Waals surface area contributed by atoms with Crippen molar-refractivity contribution in [3.8, 4) is 0 Å². The van der Waals surface area contributed by atoms with E-state index >= 15 is 0 Å². The van der Waals surface area contributed by atoms with Gasteiger partial charge in [0.15, 0.2) is 0 Å². The van der Waals surface area contributed by atoms with Crippen LogP contribution in [0.3, 0.4) is 0 Å². The van der Waals surface area contributed by atoms with Gasteiger partial charge in [-0.1, -0.05) is 17.7 Å². The third-order valence-electron chi connectivity index (χ3n) is 4.20. The van der Waals surface area contributed by atoms with Crippen LogP contribution in [0.2, 0.25) is 5.02 Å². The number of ether oxygens (including phenoxy) is 1. The van der Waals surface area contributed by atoms with Gasteiger partial charge in [0.05, 0.1) is 18.7 Å². The number of carbonyl (C=O) groups is 1. The van der Waals surface area contributed by atoms with Gasteiger partial charge in [0, 0.05) is 23.8 Å². The summed E-state index contributed by atoms with van der Waals surface area (Å²) in [4.78, 5) is 12.4. The first kappa shape index (κ1) is 15.3. The Morgan fingerprint density at radius 2 is 2.00 bits per heavy atom. The van der Waals surface area contributed by atoms with E-state index in [0.29, 0.717) is 16.5 Å². The van der Waals surface area contributed by atoms with Crippen molar-refractivity contribution >= 4 is 17.6 Å². The molecule has 20 heavy (non-hydrogen) atoms. The van der Waals surface area contributed by atoms with E-state index in [2.05, 4.69) is 5.32 Å². The molecule has 0 bridgehead atoms. The first-order valence-corrected chi connectivity index (χ1v) is 7.59. The summed E-state index contributed by atoms with van der Waals surface area (Å²) in [5, 5.41) is 2.88. The highest BCUT2D eigenvalue weighted by molar-refractivity contribution is 6.31. The van der Waals surface area contributed by atoms with Gasteiger partial charge in [-0.15, -0.1) is 0 Å². The summed E-state index contributed by atoms with van der Waals surface area (Å²) in [5.41, 5.74) is 1.03. The minimum atomic E-state index is -0.430. The number of halogens is 1. The molecule has 1 aromatic carbocycles. The van der Waals surface area contributed by atoms with Crippen LogP contribution in [0.1, 0.15) is 42.6 Å². The Morgan fingerprint density at radius 3 is 2.65 bits per heavy atom. The number of hydrogen-bond donors (Lipinski definition) is 1. The Kier molecular flexibility index (Phi) is 4.71. The number of benzene rings is 1. The molecule has 0 unspecified atom stereocenters. The number of hydrogen-bond acceptors (Lipinski definition) is 2. The number of quaternary nitrogens is 1. The first-order valence-electron chi connectivity index (χ1n) is 7.21. The summed E-state index contributed by atoms with van der Waals surface area (Å²) in [7, 11) is 0. The molecule has 0 aromatic heterocycles. The van der Waals surface area contributed by atoms with Crippen molar-refractivity contribution in [2.45, 2.75) is 39.2 Å². The van der Waals surface area contributed by atoms with Gasteiger partial charge < -0.3 is 10.1 Å². The van der Waals surface area contributed by atoms with Gasteiger partial charge in [-0.25, -0.2) is 4.79 Å². The zero-order valence-electron chi connectivity index (χ0n) is 12.4. The summed E-state index contributed by atoms with van der Waals surface area (Å²) in [5.74, 6) is 0.153. The Balaban J connectivity index is 2.11. The van der Waals surface area contributed by atoms with Crippen molar-refractivity contribution < 1.29 is 14.8 Å². The Hall–Kier alpha value is -1.06. The molecule has 0 aliphatic carbocycles. The predicted molar refractivity (Wildman–Crippen MR) is 80.1 cm³/mol. The fourth-order valence-electron chi connectivity index (χ4n) is 2.81. The van der Waals surface area contributed by atoms with Crippen LogP contribution < -0.4 is 5.32 Å². The second-order valence-corrected chi connectivity index (χ2v) is 6.53. The lowest BCUT2D eigenvalue weighted by Crippen LogP contribution is -2.86. The second kappa shape index (κ2) is 6.15. The zero-order chi connectivity index (χ0) is 14.8. The van der Waals surface area contributed by atoms with E-state index in [-0.39, 0.29) is 5.97 Å². The summed E-state index contributed by atoms with van der Waals surface area (Å²) in [6.07, 6.45) is 2.18. The van der Waals surface area contributed by atoms with Gasteiger partial charge in [-0.05, 0) is 38.5 Å². The van der Waals surface area contributed by atoms with Gasteiger partial charge in [0.25, 0.3) is 0 Å². The molecule has 2 N–H and O–H groups in total. The lowest BCUT2D eigenvalue weighted by atomic mass is 9.83. The highest BCUT2D eigenvalue weighted by Gasteiger charge is 2.35. The van der Waals surface area contributed by atoms with Crippen molar-refractivity contribution in [3.05, 3.63) is 34.3 Å². The van der Waals surface area contributed by atoms with Crippen LogP contribution in [0.4, 0.5) is 0 Å². The minimum absolute atomic E-state index is 0.274. The minimum Gasteiger partial charge on any atom is -0.456 e. The average Bonchev–Trinajstić information content (AvgIpc) is 2.42. The fraction of sp³-hybridized carbons (Fsp3) is 0.562. The van der Waals surface area contributed by atoms with E-state index in [0.717, 1.165) is 31.5 Å². The maximum atomic E-state index is 12.4. The van der Waals surface area contributed by atoms with Gasteiger partial charge in [-0.2, -0.15) is 0 Å². The predicted octanol–water partition coefficient (Wildman–Crippen LogP) is 2.56. The van der Waals surface area contributed by atoms with Crippen LogP contribution in [0.5, 0.6) is 0 Å². The summed E-state index contributed by atoms with van der Waals surface area (Å²) < 4.78 is 5.79. The lowest BCUT2D eigenvalue weighted by molar-refractivity contribution is -0.665. The number of rotatable bonds is 3. The lowest BCUT2D eigenvalue weighted by Gasteiger charge is -2.35. The molecular weight excluding hydrogens is 274 g/mol. The third kappa shape index (κ3) is 3.53. The van der Waals surface area contributed by atoms with Crippen molar-refractivity contribution in [2.75, 3.05) is 13.1 Å². The molecule has 110 valence electrons. The molecular formula is C16H23ClNO2+. The number of piperidine rings is 1. The molecule has 2 rings (SSSR count). The van der Waals surface area contributed by atoms with E-state index in [1.165, 1.54) is 0 Å². The summed E-state index contributed by atoms with van der Waals surface area (Å²) in [6, 6.07) is 5.32. The van der Waals surface area contributed by atoms with Crippen LogP contribution in [-0.4, -0.2) is 24.7 Å². The molecule has 0 saturated carbocycles. The molecule has 3 nitrogen and oxygen atoms in total. The molecule has 4 heteroatoms. The van der Waals surface area contributed by atoms with Crippen LogP contribution in [0.15, 0.2) is 18.2 Å². The second-order valence-electron chi connectivity index (χ2n) is 6.09. The molecule has 1 aliphatic rings. The molecule has 1 fully saturated rings. The van der Waals surface area contributed by atoms with Crippen molar-refractivity contribution in [3.63, 3.8) is 0 Å². The number of esters is 1. The molecule has 0 radical (unpaired) electrons. The van der Waals surface area contributed by atoms with E-state index in [4.69, 9.17) is 16.3 Å². The Morgan fingerprint density at radius 1 is 1.35 bits per heavy atom. The van der Waals surface area contributed by atoms with Crippen molar-refractivity contribution in [1.82, 2.24) is 0 Å². The van der Waals surface area contributed by atoms with Gasteiger partial charge >= 0.3 is 5.97 Å².